The van der Waals surface area contributed by atoms with Crippen molar-refractivity contribution in [2.45, 2.75) is 31.8 Å². The molecule has 2 saturated heterocycles. The van der Waals surface area contributed by atoms with Crippen LogP contribution in [0, 0.1) is 0 Å². The van der Waals surface area contributed by atoms with E-state index < -0.39 is 10.0 Å². The minimum Gasteiger partial charge on any atom is -0.337 e. The SMILES string of the molecule is O=C(CN1CCCS1(=O)=O)N1CCCC1Cn1cccn1. The number of hydrogen-bond acceptors (Lipinski definition) is 4. The van der Waals surface area contributed by atoms with Crippen LogP contribution in [0.15, 0.2) is 18.5 Å². The van der Waals surface area contributed by atoms with Gasteiger partial charge in [-0.15, -0.1) is 0 Å². The van der Waals surface area contributed by atoms with Crippen molar-refractivity contribution in [1.29, 1.82) is 0 Å². The fraction of sp³-hybridized carbons (Fsp3) is 0.692. The molecule has 1 atom stereocenters. The van der Waals surface area contributed by atoms with E-state index in [1.807, 2.05) is 21.8 Å². The summed E-state index contributed by atoms with van der Waals surface area (Å²) in [6.45, 7) is 1.83. The van der Waals surface area contributed by atoms with Crippen molar-refractivity contribution in [3.05, 3.63) is 18.5 Å². The van der Waals surface area contributed by atoms with Crippen molar-refractivity contribution in [2.75, 3.05) is 25.4 Å². The maximum Gasteiger partial charge on any atom is 0.238 e. The number of carbonyl (C=O) groups is 1. The predicted molar refractivity (Wildman–Crippen MR) is 76.9 cm³/mol. The first kappa shape index (κ1) is 14.5. The van der Waals surface area contributed by atoms with Gasteiger partial charge >= 0.3 is 0 Å². The summed E-state index contributed by atoms with van der Waals surface area (Å²) in [5, 5.41) is 4.17. The predicted octanol–water partition coefficient (Wildman–Crippen LogP) is -0.0904. The Hall–Kier alpha value is -1.41. The number of hydrogen-bond donors (Lipinski definition) is 0. The molecule has 0 saturated carbocycles. The Morgan fingerprint density at radius 3 is 2.81 bits per heavy atom. The van der Waals surface area contributed by atoms with E-state index in [9.17, 15) is 13.2 Å². The van der Waals surface area contributed by atoms with Crippen LogP contribution < -0.4 is 0 Å². The highest BCUT2D eigenvalue weighted by atomic mass is 32.2. The molecule has 116 valence electrons. The van der Waals surface area contributed by atoms with Gasteiger partial charge in [0.05, 0.1) is 24.9 Å². The zero-order chi connectivity index (χ0) is 14.9. The first-order chi connectivity index (χ1) is 10.1. The van der Waals surface area contributed by atoms with E-state index in [0.717, 1.165) is 12.8 Å². The molecule has 3 heterocycles. The highest BCUT2D eigenvalue weighted by Gasteiger charge is 2.34. The summed E-state index contributed by atoms with van der Waals surface area (Å²) in [7, 11) is -3.21. The average Bonchev–Trinajstić information content (AvgIpc) is 3.13. The number of carbonyl (C=O) groups excluding carboxylic acids is 1. The number of likely N-dealkylation sites (tertiary alicyclic amines) is 1. The van der Waals surface area contributed by atoms with E-state index in [2.05, 4.69) is 5.10 Å². The lowest BCUT2D eigenvalue weighted by Crippen LogP contribution is -2.44. The lowest BCUT2D eigenvalue weighted by Gasteiger charge is -2.26. The first-order valence-electron chi connectivity index (χ1n) is 7.31. The van der Waals surface area contributed by atoms with Crippen LogP contribution >= 0.6 is 0 Å². The minimum absolute atomic E-state index is 0.0159. The van der Waals surface area contributed by atoms with Crippen molar-refractivity contribution in [2.24, 2.45) is 0 Å². The Bertz CT molecular complexity index is 599. The van der Waals surface area contributed by atoms with Gasteiger partial charge in [0.25, 0.3) is 0 Å². The first-order valence-corrected chi connectivity index (χ1v) is 8.92. The van der Waals surface area contributed by atoms with E-state index >= 15 is 0 Å². The van der Waals surface area contributed by atoms with E-state index in [4.69, 9.17) is 0 Å². The molecule has 2 fully saturated rings. The molecule has 0 aliphatic carbocycles. The van der Waals surface area contributed by atoms with Gasteiger partial charge in [0.15, 0.2) is 0 Å². The van der Waals surface area contributed by atoms with Crippen LogP contribution in [0.4, 0.5) is 0 Å². The van der Waals surface area contributed by atoms with Gasteiger partial charge in [-0.1, -0.05) is 0 Å². The molecule has 0 aromatic carbocycles. The molecule has 3 rings (SSSR count). The Morgan fingerprint density at radius 1 is 1.29 bits per heavy atom. The van der Waals surface area contributed by atoms with Gasteiger partial charge in [-0.25, -0.2) is 8.42 Å². The van der Waals surface area contributed by atoms with Crippen LogP contribution in [0.25, 0.3) is 0 Å². The molecule has 1 aromatic rings. The molecule has 21 heavy (non-hydrogen) atoms. The molecule has 2 aliphatic rings. The van der Waals surface area contributed by atoms with Crippen molar-refractivity contribution < 1.29 is 13.2 Å². The van der Waals surface area contributed by atoms with Gasteiger partial charge in [-0.05, 0) is 25.3 Å². The van der Waals surface area contributed by atoms with Gasteiger partial charge in [-0.3, -0.25) is 9.48 Å². The Kier molecular flexibility index (Phi) is 3.99. The summed E-state index contributed by atoms with van der Waals surface area (Å²) >= 11 is 0. The second kappa shape index (κ2) is 5.76. The maximum absolute atomic E-state index is 12.4. The average molecular weight is 312 g/mol. The topological polar surface area (TPSA) is 75.5 Å². The van der Waals surface area contributed by atoms with Crippen LogP contribution in [-0.4, -0.2) is 64.7 Å². The summed E-state index contributed by atoms with van der Waals surface area (Å²) in [5.41, 5.74) is 0. The molecule has 0 radical (unpaired) electrons. The van der Waals surface area contributed by atoms with Crippen LogP contribution in [0.1, 0.15) is 19.3 Å². The molecule has 0 N–H and O–H groups in total. The summed E-state index contributed by atoms with van der Waals surface area (Å²) in [5.74, 6) is 0.0758. The fourth-order valence-electron chi connectivity index (χ4n) is 3.09. The molecular formula is C13H20N4O3S. The van der Waals surface area contributed by atoms with E-state index in [1.165, 1.54) is 4.31 Å². The standard InChI is InChI=1S/C13H20N4O3S/c18-13(11-16-7-3-9-21(16,19)20)17-8-1-4-12(17)10-15-6-2-5-14-15/h2,5-6,12H,1,3-4,7-11H2. The summed E-state index contributed by atoms with van der Waals surface area (Å²) in [6.07, 6.45) is 6.12. The van der Waals surface area contributed by atoms with E-state index in [0.29, 0.717) is 26.1 Å². The summed E-state index contributed by atoms with van der Waals surface area (Å²) in [4.78, 5) is 14.2. The third kappa shape index (κ3) is 3.11. The Labute approximate surface area is 124 Å². The fourth-order valence-corrected chi connectivity index (χ4v) is 4.56. The lowest BCUT2D eigenvalue weighted by atomic mass is 10.2. The molecule has 2 aliphatic heterocycles. The van der Waals surface area contributed by atoms with Crippen LogP contribution in [0.5, 0.6) is 0 Å². The monoisotopic (exact) mass is 312 g/mol. The molecule has 8 heteroatoms. The van der Waals surface area contributed by atoms with Crippen molar-refractivity contribution in [1.82, 2.24) is 19.0 Å². The van der Waals surface area contributed by atoms with Gasteiger partial charge < -0.3 is 4.90 Å². The van der Waals surface area contributed by atoms with Gasteiger partial charge in [0, 0.05) is 25.5 Å². The molecule has 0 bridgehead atoms. The maximum atomic E-state index is 12.4. The highest BCUT2D eigenvalue weighted by molar-refractivity contribution is 7.89. The van der Waals surface area contributed by atoms with Crippen molar-refractivity contribution >= 4 is 15.9 Å². The van der Waals surface area contributed by atoms with Crippen molar-refractivity contribution in [3.63, 3.8) is 0 Å². The number of nitrogens with zero attached hydrogens (tertiary/aromatic N) is 4. The van der Waals surface area contributed by atoms with Gasteiger partial charge in [0.1, 0.15) is 0 Å². The smallest absolute Gasteiger partial charge is 0.238 e. The largest absolute Gasteiger partial charge is 0.337 e. The van der Waals surface area contributed by atoms with Crippen LogP contribution in [0.3, 0.4) is 0 Å². The second-order valence-corrected chi connectivity index (χ2v) is 7.70. The third-order valence-electron chi connectivity index (χ3n) is 4.17. The van der Waals surface area contributed by atoms with Gasteiger partial charge in [0.2, 0.25) is 15.9 Å². The molecular weight excluding hydrogens is 292 g/mol. The molecule has 0 spiro atoms. The van der Waals surface area contributed by atoms with Gasteiger partial charge in [-0.2, -0.15) is 9.40 Å². The zero-order valence-corrected chi connectivity index (χ0v) is 12.7. The lowest BCUT2D eigenvalue weighted by molar-refractivity contribution is -0.132. The molecule has 1 aromatic heterocycles. The summed E-state index contributed by atoms with van der Waals surface area (Å²) in [6, 6.07) is 1.97. The third-order valence-corrected chi connectivity index (χ3v) is 6.07. The van der Waals surface area contributed by atoms with Crippen molar-refractivity contribution in [3.8, 4) is 0 Å². The zero-order valence-electron chi connectivity index (χ0n) is 11.9. The minimum atomic E-state index is -3.21. The molecule has 7 nitrogen and oxygen atoms in total. The van der Waals surface area contributed by atoms with E-state index in [1.54, 1.807) is 6.20 Å². The highest BCUT2D eigenvalue weighted by Crippen LogP contribution is 2.20. The number of amides is 1. The molecule has 1 unspecified atom stereocenters. The normalized spacial score (nSPS) is 25.5. The number of rotatable bonds is 4. The summed E-state index contributed by atoms with van der Waals surface area (Å²) < 4.78 is 26.7. The molecule has 1 amide bonds. The number of aromatic nitrogens is 2. The quantitative estimate of drug-likeness (QED) is 0.779. The van der Waals surface area contributed by atoms with E-state index in [-0.39, 0.29) is 24.2 Å². The van der Waals surface area contributed by atoms with Crippen LogP contribution in [0.2, 0.25) is 0 Å². The van der Waals surface area contributed by atoms with Crippen LogP contribution in [-0.2, 0) is 21.4 Å². The Balaban J connectivity index is 1.63. The number of sulfonamides is 1. The second-order valence-electron chi connectivity index (χ2n) is 5.61. The Morgan fingerprint density at radius 2 is 2.14 bits per heavy atom.